The number of aryl methyl sites for hydroxylation is 2. The standard InChI is InChI=1S/C67H64BN4O2/c1-37-18-17-20-45-44-19-15-16-21-48(44)72-52-28-38(22-25-49(52)69(14)63(72)59(37)45)39-29-53-60-54(30-39)71-51-27-24-41(65(5,6)7)34-56(51)74-58-36-43(67(11,12)13)32-47(62(58)71)68(60)46-31-42(66(8,9)10)35-57-61(46)70(53)50-26-23-40(64(2,3)4)33-55(50)73-57/h15-36H,1-14H3/q+1. The van der Waals surface area contributed by atoms with E-state index in [1.165, 1.54) is 93.9 Å². The fourth-order valence-corrected chi connectivity index (χ4v) is 12.8. The summed E-state index contributed by atoms with van der Waals surface area (Å²) < 4.78 is 19.5. The van der Waals surface area contributed by atoms with Gasteiger partial charge in [0.05, 0.1) is 35.2 Å². The maximum atomic E-state index is 7.28. The van der Waals surface area contributed by atoms with Gasteiger partial charge in [0.1, 0.15) is 5.52 Å². The maximum absolute atomic E-state index is 7.28. The topological polar surface area (TPSA) is 33.2 Å². The number of aromatic nitrogens is 2. The van der Waals surface area contributed by atoms with E-state index in [0.717, 1.165) is 56.9 Å². The Morgan fingerprint density at radius 1 is 0.446 bits per heavy atom. The molecule has 7 heteroatoms. The smallest absolute Gasteiger partial charge is 0.295 e. The predicted molar refractivity (Wildman–Crippen MR) is 310 cm³/mol. The molecule has 0 saturated carbocycles. The lowest BCUT2D eigenvalue weighted by molar-refractivity contribution is -0.617. The lowest BCUT2D eigenvalue weighted by Crippen LogP contribution is -2.62. The van der Waals surface area contributed by atoms with E-state index in [0.29, 0.717) is 0 Å². The van der Waals surface area contributed by atoms with Crippen LogP contribution in [0.1, 0.15) is 111 Å². The molecule has 0 radical (unpaired) electrons. The minimum atomic E-state index is -0.144. The van der Waals surface area contributed by atoms with E-state index >= 15 is 0 Å². The quantitative estimate of drug-likeness (QED) is 0.0932. The first kappa shape index (κ1) is 45.1. The van der Waals surface area contributed by atoms with Crippen LogP contribution in [-0.2, 0) is 28.7 Å². The zero-order valence-corrected chi connectivity index (χ0v) is 45.4. The number of nitrogens with zero attached hydrogens (tertiary/aromatic N) is 4. The maximum Gasteiger partial charge on any atom is 0.295 e. The molecule has 6 nitrogen and oxygen atoms in total. The van der Waals surface area contributed by atoms with Crippen LogP contribution in [0.5, 0.6) is 23.0 Å². The fraction of sp³-hybridized carbons (Fsp3) is 0.269. The molecule has 0 spiro atoms. The summed E-state index contributed by atoms with van der Waals surface area (Å²) in [6, 6.07) is 51.1. The van der Waals surface area contributed by atoms with Gasteiger partial charge in [0.25, 0.3) is 12.4 Å². The minimum absolute atomic E-state index is 0.0690. The number of hydrogen-bond acceptors (Lipinski definition) is 4. The van der Waals surface area contributed by atoms with Crippen molar-refractivity contribution in [3.63, 3.8) is 0 Å². The Morgan fingerprint density at radius 3 is 1.50 bits per heavy atom. The Bertz CT molecular complexity index is 4010. The van der Waals surface area contributed by atoms with Gasteiger partial charge in [0, 0.05) is 22.1 Å². The number of benzene rings is 8. The number of imidazole rings is 1. The van der Waals surface area contributed by atoms with Crippen LogP contribution in [0.15, 0.2) is 133 Å². The van der Waals surface area contributed by atoms with Gasteiger partial charge >= 0.3 is 0 Å². The van der Waals surface area contributed by atoms with Crippen molar-refractivity contribution >= 4 is 95.6 Å². The highest BCUT2D eigenvalue weighted by atomic mass is 16.5. The van der Waals surface area contributed by atoms with E-state index < -0.39 is 0 Å². The summed E-state index contributed by atoms with van der Waals surface area (Å²) in [5, 5.41) is 3.81. The number of ether oxygens (including phenoxy) is 2. The van der Waals surface area contributed by atoms with E-state index in [-0.39, 0.29) is 28.4 Å². The van der Waals surface area contributed by atoms with Gasteiger partial charge < -0.3 is 19.3 Å². The molecule has 2 aromatic heterocycles. The number of rotatable bonds is 1. The summed E-state index contributed by atoms with van der Waals surface area (Å²) in [5.74, 6) is 3.54. The van der Waals surface area contributed by atoms with E-state index in [9.17, 15) is 0 Å². The van der Waals surface area contributed by atoms with Crippen LogP contribution in [-0.4, -0.2) is 11.1 Å². The van der Waals surface area contributed by atoms with Crippen LogP contribution in [0.4, 0.5) is 34.1 Å². The molecular weight excluding hydrogens is 904 g/mol. The molecule has 74 heavy (non-hydrogen) atoms. The Hall–Kier alpha value is -7.51. The highest BCUT2D eigenvalue weighted by Gasteiger charge is 2.49. The van der Waals surface area contributed by atoms with Crippen molar-refractivity contribution < 1.29 is 14.0 Å². The molecule has 0 amide bonds. The first-order valence-electron chi connectivity index (χ1n) is 26.6. The molecule has 10 aromatic rings. The largest absolute Gasteiger partial charge is 0.453 e. The van der Waals surface area contributed by atoms with Gasteiger partial charge in [-0.05, 0) is 157 Å². The lowest BCUT2D eigenvalue weighted by Gasteiger charge is -2.48. The average Bonchev–Trinajstić information content (AvgIpc) is 3.76. The van der Waals surface area contributed by atoms with Gasteiger partial charge in [-0.2, -0.15) is 4.40 Å². The lowest BCUT2D eigenvalue weighted by atomic mass is 9.33. The molecule has 4 aliphatic heterocycles. The third-order valence-corrected chi connectivity index (χ3v) is 16.9. The third kappa shape index (κ3) is 6.22. The molecular formula is C67H64BN4O2+. The Morgan fingerprint density at radius 2 is 0.959 bits per heavy atom. The van der Waals surface area contributed by atoms with Crippen molar-refractivity contribution in [2.24, 2.45) is 7.05 Å². The highest BCUT2D eigenvalue weighted by molar-refractivity contribution is 7.00. The first-order chi connectivity index (χ1) is 35.0. The zero-order valence-electron chi connectivity index (χ0n) is 45.4. The van der Waals surface area contributed by atoms with Gasteiger partial charge in [-0.15, -0.1) is 0 Å². The monoisotopic (exact) mass is 968 g/mol. The SMILES string of the molecule is Cc1cccc2c3ccccc3n3c4cc(-c5cc6c7c(c5)N5c8ccc(C(C)(C)C)cc8Oc8cc(C(C)(C)C)cc(c85)B7c5cc(C(C)(C)C)cc7c5N6c5ccc(C(C)(C)C)cc5O7)ccc4[n+](C)c3c12. The van der Waals surface area contributed by atoms with Crippen LogP contribution in [0.25, 0.3) is 49.5 Å². The van der Waals surface area contributed by atoms with E-state index in [4.69, 9.17) is 9.47 Å². The fourth-order valence-electron chi connectivity index (χ4n) is 12.8. The highest BCUT2D eigenvalue weighted by Crippen LogP contribution is 2.58. The summed E-state index contributed by atoms with van der Waals surface area (Å²) in [7, 11) is 2.23. The predicted octanol–water partition coefficient (Wildman–Crippen LogP) is 15.7. The summed E-state index contributed by atoms with van der Waals surface area (Å²) in [6.45, 7) is 29.8. The van der Waals surface area contributed by atoms with E-state index in [1.807, 2.05) is 0 Å². The molecule has 14 rings (SSSR count). The van der Waals surface area contributed by atoms with E-state index in [2.05, 4.69) is 249 Å². The molecule has 0 fully saturated rings. The second kappa shape index (κ2) is 14.6. The number of fused-ring (bicyclic) bond motifs is 16. The van der Waals surface area contributed by atoms with Crippen molar-refractivity contribution in [3.8, 4) is 34.1 Å². The number of pyridine rings is 1. The molecule has 0 N–H and O–H groups in total. The summed E-state index contributed by atoms with van der Waals surface area (Å²) >= 11 is 0. The second-order valence-corrected chi connectivity index (χ2v) is 25.9. The number of para-hydroxylation sites is 1. The average molecular weight is 968 g/mol. The van der Waals surface area contributed by atoms with Crippen LogP contribution >= 0.6 is 0 Å². The molecule has 366 valence electrons. The number of hydrogen-bond donors (Lipinski definition) is 0. The molecule has 0 atom stereocenters. The van der Waals surface area contributed by atoms with Crippen molar-refractivity contribution in [2.45, 2.75) is 112 Å². The molecule has 0 aliphatic carbocycles. The Kier molecular flexibility index (Phi) is 8.92. The van der Waals surface area contributed by atoms with E-state index in [1.54, 1.807) is 0 Å². The summed E-state index contributed by atoms with van der Waals surface area (Å²) in [6.07, 6.45) is 0. The second-order valence-electron chi connectivity index (χ2n) is 25.9. The zero-order chi connectivity index (χ0) is 51.4. The molecule has 0 unspecified atom stereocenters. The third-order valence-electron chi connectivity index (χ3n) is 16.9. The van der Waals surface area contributed by atoms with Gasteiger partial charge in [-0.25, -0.2) is 4.57 Å². The van der Waals surface area contributed by atoms with Crippen LogP contribution < -0.4 is 40.2 Å². The van der Waals surface area contributed by atoms with Gasteiger partial charge in [0.2, 0.25) is 0 Å². The molecule has 0 bridgehead atoms. The Labute approximate surface area is 435 Å². The molecule has 6 heterocycles. The minimum Gasteiger partial charge on any atom is -0.453 e. The normalized spacial score (nSPS) is 14.5. The molecule has 8 aromatic carbocycles. The van der Waals surface area contributed by atoms with Crippen molar-refractivity contribution in [1.29, 1.82) is 0 Å². The Balaban J connectivity index is 1.12. The van der Waals surface area contributed by atoms with Crippen molar-refractivity contribution in [1.82, 2.24) is 4.40 Å². The van der Waals surface area contributed by atoms with Gasteiger partial charge in [0.15, 0.2) is 34.0 Å². The van der Waals surface area contributed by atoms with Crippen molar-refractivity contribution in [3.05, 3.63) is 161 Å². The summed E-state index contributed by atoms with van der Waals surface area (Å²) in [4.78, 5) is 5.11. The van der Waals surface area contributed by atoms with Gasteiger partial charge in [-0.1, -0.05) is 144 Å². The molecule has 4 aliphatic rings. The summed E-state index contributed by atoms with van der Waals surface area (Å²) in [5.41, 5.74) is 23.3. The van der Waals surface area contributed by atoms with Crippen LogP contribution in [0.2, 0.25) is 0 Å². The van der Waals surface area contributed by atoms with Crippen LogP contribution in [0.3, 0.4) is 0 Å². The van der Waals surface area contributed by atoms with Crippen LogP contribution in [0, 0.1) is 6.92 Å². The number of anilines is 6. The van der Waals surface area contributed by atoms with Gasteiger partial charge in [-0.3, -0.25) is 0 Å². The first-order valence-corrected chi connectivity index (χ1v) is 26.6. The van der Waals surface area contributed by atoms with Crippen molar-refractivity contribution in [2.75, 3.05) is 9.80 Å². The molecule has 0 saturated heterocycles.